The summed E-state index contributed by atoms with van der Waals surface area (Å²) in [6.07, 6.45) is 0.416. The molecule has 0 spiro atoms. The Kier molecular flexibility index (Phi) is 8.47. The van der Waals surface area contributed by atoms with Crippen molar-refractivity contribution in [3.05, 3.63) is 54.1 Å². The van der Waals surface area contributed by atoms with Crippen LogP contribution in [-0.2, 0) is 9.53 Å². The van der Waals surface area contributed by atoms with Crippen LogP contribution >= 0.6 is 0 Å². The third-order valence-electron chi connectivity index (χ3n) is 5.05. The van der Waals surface area contributed by atoms with Crippen LogP contribution in [0.5, 0.6) is 11.5 Å². The first-order valence-electron chi connectivity index (χ1n) is 10.8. The van der Waals surface area contributed by atoms with Crippen molar-refractivity contribution in [3.8, 4) is 11.5 Å². The van der Waals surface area contributed by atoms with Gasteiger partial charge in [0.25, 0.3) is 11.8 Å². The average Bonchev–Trinajstić information content (AvgIpc) is 2.77. The molecule has 8 heteroatoms. The van der Waals surface area contributed by atoms with Crippen LogP contribution in [0.25, 0.3) is 0 Å². The minimum absolute atomic E-state index is 0.137. The van der Waals surface area contributed by atoms with Crippen molar-refractivity contribution >= 4 is 17.5 Å². The van der Waals surface area contributed by atoms with Gasteiger partial charge in [0, 0.05) is 43.5 Å². The lowest BCUT2D eigenvalue weighted by molar-refractivity contribution is -0.118. The highest BCUT2D eigenvalue weighted by Gasteiger charge is 2.21. The molecule has 0 bridgehead atoms. The predicted octanol–water partition coefficient (Wildman–Crippen LogP) is 2.55. The lowest BCUT2D eigenvalue weighted by Gasteiger charge is -2.35. The van der Waals surface area contributed by atoms with Crippen LogP contribution in [0.15, 0.2) is 48.5 Å². The Balaban J connectivity index is 1.40. The van der Waals surface area contributed by atoms with Gasteiger partial charge in [-0.15, -0.1) is 0 Å². The second-order valence-electron chi connectivity index (χ2n) is 7.87. The van der Waals surface area contributed by atoms with Crippen LogP contribution in [0.1, 0.15) is 24.2 Å². The summed E-state index contributed by atoms with van der Waals surface area (Å²) in [5.74, 6) is 0.749. The van der Waals surface area contributed by atoms with E-state index in [-0.39, 0.29) is 30.6 Å². The number of morpholine rings is 1. The van der Waals surface area contributed by atoms with Gasteiger partial charge in [-0.3, -0.25) is 14.5 Å². The van der Waals surface area contributed by atoms with Gasteiger partial charge in [0.2, 0.25) is 0 Å². The lowest BCUT2D eigenvalue weighted by atomic mass is 10.2. The zero-order valence-electron chi connectivity index (χ0n) is 18.8. The quantitative estimate of drug-likeness (QED) is 0.622. The normalized spacial score (nSPS) is 18.6. The molecule has 8 nitrogen and oxygen atoms in total. The summed E-state index contributed by atoms with van der Waals surface area (Å²) < 4.78 is 16.4. The topological polar surface area (TPSA) is 89.1 Å². The van der Waals surface area contributed by atoms with E-state index in [4.69, 9.17) is 14.2 Å². The fourth-order valence-electron chi connectivity index (χ4n) is 3.65. The van der Waals surface area contributed by atoms with Crippen LogP contribution in [0, 0.1) is 0 Å². The maximum Gasteiger partial charge on any atom is 0.262 e. The maximum atomic E-state index is 12.4. The highest BCUT2D eigenvalue weighted by Crippen LogP contribution is 2.17. The number of rotatable bonds is 9. The first-order chi connectivity index (χ1) is 15.4. The van der Waals surface area contributed by atoms with E-state index in [0.29, 0.717) is 29.3 Å². The van der Waals surface area contributed by atoms with E-state index in [1.165, 1.54) is 0 Å². The van der Waals surface area contributed by atoms with E-state index in [9.17, 15) is 9.59 Å². The lowest BCUT2D eigenvalue weighted by Crippen LogP contribution is -2.47. The first-order valence-corrected chi connectivity index (χ1v) is 10.8. The van der Waals surface area contributed by atoms with Crippen molar-refractivity contribution in [3.63, 3.8) is 0 Å². The summed E-state index contributed by atoms with van der Waals surface area (Å²) in [7, 11) is 1.57. The third kappa shape index (κ3) is 7.25. The Bertz CT molecular complexity index is 893. The smallest absolute Gasteiger partial charge is 0.262 e. The van der Waals surface area contributed by atoms with Gasteiger partial charge in [0.05, 0.1) is 19.3 Å². The molecule has 0 saturated carbocycles. The molecule has 1 saturated heterocycles. The first kappa shape index (κ1) is 23.6. The Morgan fingerprint density at radius 1 is 1.06 bits per heavy atom. The van der Waals surface area contributed by atoms with Gasteiger partial charge in [-0.1, -0.05) is 6.07 Å². The molecule has 2 aromatic rings. The fourth-order valence-corrected chi connectivity index (χ4v) is 3.65. The number of nitrogens with one attached hydrogen (secondary N) is 2. The molecule has 3 rings (SSSR count). The molecule has 32 heavy (non-hydrogen) atoms. The maximum absolute atomic E-state index is 12.4. The van der Waals surface area contributed by atoms with Gasteiger partial charge in [0.1, 0.15) is 11.5 Å². The standard InChI is InChI=1S/C24H31N3O5/c1-17-14-27(15-18(2)32-17)12-11-25-24(29)19-7-9-21(10-8-19)31-16-23(28)26-20-5-4-6-22(13-20)30-3/h4-10,13,17-18H,11-12,14-16H2,1-3H3,(H,25,29)(H,26,28). The van der Waals surface area contributed by atoms with Gasteiger partial charge in [-0.05, 0) is 50.2 Å². The second kappa shape index (κ2) is 11.5. The molecular formula is C24H31N3O5. The van der Waals surface area contributed by atoms with Crippen molar-refractivity contribution < 1.29 is 23.8 Å². The predicted molar refractivity (Wildman–Crippen MR) is 122 cm³/mol. The van der Waals surface area contributed by atoms with Gasteiger partial charge in [0.15, 0.2) is 6.61 Å². The van der Waals surface area contributed by atoms with E-state index in [1.54, 1.807) is 55.6 Å². The van der Waals surface area contributed by atoms with Gasteiger partial charge in [-0.2, -0.15) is 0 Å². The monoisotopic (exact) mass is 441 g/mol. The second-order valence-corrected chi connectivity index (χ2v) is 7.87. The molecule has 0 radical (unpaired) electrons. The van der Waals surface area contributed by atoms with Crippen molar-refractivity contribution in [2.24, 2.45) is 0 Å². The van der Waals surface area contributed by atoms with Crippen LogP contribution in [0.4, 0.5) is 5.69 Å². The Labute approximate surface area is 188 Å². The molecule has 1 aliphatic heterocycles. The van der Waals surface area contributed by atoms with E-state index in [0.717, 1.165) is 19.6 Å². The van der Waals surface area contributed by atoms with Crippen LogP contribution in [0.3, 0.4) is 0 Å². The van der Waals surface area contributed by atoms with E-state index >= 15 is 0 Å². The molecule has 2 atom stereocenters. The molecule has 2 N–H and O–H groups in total. The van der Waals surface area contributed by atoms with Gasteiger partial charge < -0.3 is 24.8 Å². The highest BCUT2D eigenvalue weighted by molar-refractivity contribution is 5.94. The number of hydrogen-bond donors (Lipinski definition) is 2. The molecule has 1 aliphatic rings. The largest absolute Gasteiger partial charge is 0.497 e. The van der Waals surface area contributed by atoms with E-state index in [1.807, 2.05) is 0 Å². The Morgan fingerprint density at radius 3 is 2.47 bits per heavy atom. The SMILES string of the molecule is COc1cccc(NC(=O)COc2ccc(C(=O)NCCN3CC(C)OC(C)C3)cc2)c1. The van der Waals surface area contributed by atoms with Crippen LogP contribution in [-0.4, -0.2) is 68.8 Å². The minimum atomic E-state index is -0.285. The summed E-state index contributed by atoms with van der Waals surface area (Å²) in [5.41, 5.74) is 1.17. The van der Waals surface area contributed by atoms with Gasteiger partial charge >= 0.3 is 0 Å². The molecule has 2 unspecified atom stereocenters. The summed E-state index contributed by atoms with van der Waals surface area (Å²) in [6.45, 7) is 7.09. The van der Waals surface area contributed by atoms with Crippen LogP contribution in [0.2, 0.25) is 0 Å². The number of methoxy groups -OCH3 is 1. The fraction of sp³-hybridized carbons (Fsp3) is 0.417. The molecule has 1 fully saturated rings. The molecule has 2 aromatic carbocycles. The zero-order valence-corrected chi connectivity index (χ0v) is 18.8. The molecule has 0 aromatic heterocycles. The minimum Gasteiger partial charge on any atom is -0.497 e. The van der Waals surface area contributed by atoms with Gasteiger partial charge in [-0.25, -0.2) is 0 Å². The summed E-state index contributed by atoms with van der Waals surface area (Å²) in [5, 5.41) is 5.70. The van der Waals surface area contributed by atoms with Crippen molar-refractivity contribution in [1.29, 1.82) is 0 Å². The summed E-state index contributed by atoms with van der Waals surface area (Å²) in [4.78, 5) is 26.8. The van der Waals surface area contributed by atoms with E-state index < -0.39 is 0 Å². The van der Waals surface area contributed by atoms with Crippen molar-refractivity contribution in [1.82, 2.24) is 10.2 Å². The van der Waals surface area contributed by atoms with Crippen molar-refractivity contribution in [2.75, 3.05) is 45.2 Å². The Morgan fingerprint density at radius 2 is 1.78 bits per heavy atom. The number of nitrogens with zero attached hydrogens (tertiary/aromatic N) is 1. The molecular weight excluding hydrogens is 410 g/mol. The number of benzene rings is 2. The summed E-state index contributed by atoms with van der Waals surface area (Å²) >= 11 is 0. The van der Waals surface area contributed by atoms with E-state index in [2.05, 4.69) is 29.4 Å². The average molecular weight is 442 g/mol. The van der Waals surface area contributed by atoms with Crippen molar-refractivity contribution in [2.45, 2.75) is 26.1 Å². The number of carbonyl (C=O) groups excluding carboxylic acids is 2. The third-order valence-corrected chi connectivity index (χ3v) is 5.05. The number of carbonyl (C=O) groups is 2. The molecule has 2 amide bonds. The molecule has 0 aliphatic carbocycles. The molecule has 1 heterocycles. The summed E-state index contributed by atoms with van der Waals surface area (Å²) in [6, 6.07) is 13.8. The number of hydrogen-bond acceptors (Lipinski definition) is 6. The Hall–Kier alpha value is -3.10. The number of amides is 2. The highest BCUT2D eigenvalue weighted by atomic mass is 16.5. The molecule has 172 valence electrons. The van der Waals surface area contributed by atoms with Crippen LogP contribution < -0.4 is 20.1 Å². The zero-order chi connectivity index (χ0) is 22.9. The number of anilines is 1. The number of ether oxygens (including phenoxy) is 3.